The van der Waals surface area contributed by atoms with Crippen LogP contribution < -0.4 is 0 Å². The molecule has 0 N–H and O–H groups in total. The predicted octanol–water partition coefficient (Wildman–Crippen LogP) is 13.9. The second kappa shape index (κ2) is 11.1. The third kappa shape index (κ3) is 4.13. The summed E-state index contributed by atoms with van der Waals surface area (Å²) in [4.78, 5) is 0. The van der Waals surface area contributed by atoms with Crippen LogP contribution in [0.5, 0.6) is 0 Å². The molecule has 0 radical (unpaired) electrons. The zero-order valence-corrected chi connectivity index (χ0v) is 29.0. The molecule has 54 heavy (non-hydrogen) atoms. The number of hydrogen-bond donors (Lipinski definition) is 0. The van der Waals surface area contributed by atoms with Crippen molar-refractivity contribution in [2.24, 2.45) is 0 Å². The molecule has 0 atom stereocenters. The number of furan rings is 2. The van der Waals surface area contributed by atoms with Gasteiger partial charge in [-0.2, -0.15) is 0 Å². The van der Waals surface area contributed by atoms with Gasteiger partial charge in [-0.25, -0.2) is 0 Å². The molecule has 252 valence electrons. The summed E-state index contributed by atoms with van der Waals surface area (Å²) in [5.41, 5.74) is 13.9. The Labute approximate surface area is 309 Å². The van der Waals surface area contributed by atoms with Crippen molar-refractivity contribution in [2.75, 3.05) is 0 Å². The van der Waals surface area contributed by atoms with Crippen molar-refractivity contribution in [2.45, 2.75) is 0 Å². The zero-order valence-electron chi connectivity index (χ0n) is 29.0. The van der Waals surface area contributed by atoms with Crippen molar-refractivity contribution >= 4 is 76.7 Å². The standard InChI is InChI=1S/C50H30N2O2/c1-2-11-34(12-3-1)52-49-36(16-10-17-41(49)48-40-15-6-9-20-46(40)54-50(48)52)31-21-25-35(26-22-31)51-43-18-7-4-13-37(43)42-29-32(24-28-44(42)51)33-23-27-39-38-14-5-8-19-45(38)53-47(39)30-33/h1-30H. The van der Waals surface area contributed by atoms with Gasteiger partial charge >= 0.3 is 0 Å². The molecule has 0 saturated carbocycles. The number of rotatable bonds is 4. The monoisotopic (exact) mass is 690 g/mol. The van der Waals surface area contributed by atoms with E-state index in [1.165, 1.54) is 27.2 Å². The van der Waals surface area contributed by atoms with Crippen molar-refractivity contribution in [1.29, 1.82) is 0 Å². The van der Waals surface area contributed by atoms with E-state index in [4.69, 9.17) is 8.83 Å². The second-order valence-electron chi connectivity index (χ2n) is 14.1. The highest BCUT2D eigenvalue weighted by Gasteiger charge is 2.22. The van der Waals surface area contributed by atoms with Gasteiger partial charge in [-0.15, -0.1) is 0 Å². The molecule has 0 fully saturated rings. The van der Waals surface area contributed by atoms with Crippen LogP contribution in [0.25, 0.3) is 110 Å². The number of fused-ring (bicyclic) bond motifs is 11. The van der Waals surface area contributed by atoms with E-state index in [2.05, 4.69) is 173 Å². The van der Waals surface area contributed by atoms with Crippen LogP contribution in [0.2, 0.25) is 0 Å². The van der Waals surface area contributed by atoms with Gasteiger partial charge in [0.15, 0.2) is 0 Å². The lowest BCUT2D eigenvalue weighted by molar-refractivity contribution is 0.645. The molecule has 0 aliphatic carbocycles. The Morgan fingerprint density at radius 3 is 1.80 bits per heavy atom. The lowest BCUT2D eigenvalue weighted by atomic mass is 10.0. The largest absolute Gasteiger partial charge is 0.456 e. The molecule has 0 spiro atoms. The lowest BCUT2D eigenvalue weighted by Crippen LogP contribution is -1.96. The van der Waals surface area contributed by atoms with Crippen LogP contribution in [0.15, 0.2) is 191 Å². The van der Waals surface area contributed by atoms with Crippen molar-refractivity contribution < 1.29 is 8.83 Å². The van der Waals surface area contributed by atoms with Crippen LogP contribution in [0.3, 0.4) is 0 Å². The van der Waals surface area contributed by atoms with E-state index in [1.807, 2.05) is 18.2 Å². The minimum absolute atomic E-state index is 0.864. The van der Waals surface area contributed by atoms with Gasteiger partial charge in [0.05, 0.1) is 21.9 Å². The topological polar surface area (TPSA) is 36.1 Å². The van der Waals surface area contributed by atoms with Gasteiger partial charge < -0.3 is 13.4 Å². The van der Waals surface area contributed by atoms with Gasteiger partial charge in [-0.1, -0.05) is 115 Å². The first-order chi connectivity index (χ1) is 26.8. The molecule has 8 aromatic carbocycles. The molecule has 0 amide bonds. The Balaban J connectivity index is 1.00. The van der Waals surface area contributed by atoms with Crippen LogP contribution in [0, 0.1) is 0 Å². The van der Waals surface area contributed by atoms with E-state index >= 15 is 0 Å². The molecule has 0 aliphatic rings. The van der Waals surface area contributed by atoms with Gasteiger partial charge in [-0.3, -0.25) is 4.57 Å². The Morgan fingerprint density at radius 1 is 0.333 bits per heavy atom. The summed E-state index contributed by atoms with van der Waals surface area (Å²) < 4.78 is 17.5. The molecule has 12 aromatic rings. The Morgan fingerprint density at radius 2 is 0.944 bits per heavy atom. The summed E-state index contributed by atoms with van der Waals surface area (Å²) in [6.45, 7) is 0. The van der Waals surface area contributed by atoms with E-state index in [1.54, 1.807) is 0 Å². The van der Waals surface area contributed by atoms with Gasteiger partial charge in [-0.05, 0) is 83.4 Å². The van der Waals surface area contributed by atoms with Crippen LogP contribution in [0.1, 0.15) is 0 Å². The quantitative estimate of drug-likeness (QED) is 0.184. The summed E-state index contributed by atoms with van der Waals surface area (Å²) >= 11 is 0. The van der Waals surface area contributed by atoms with E-state index in [-0.39, 0.29) is 0 Å². The number of para-hydroxylation sites is 5. The average molecular weight is 691 g/mol. The maximum atomic E-state index is 6.59. The van der Waals surface area contributed by atoms with Gasteiger partial charge in [0.1, 0.15) is 16.7 Å². The minimum atomic E-state index is 0.864. The van der Waals surface area contributed by atoms with Gasteiger partial charge in [0.2, 0.25) is 5.71 Å². The summed E-state index contributed by atoms with van der Waals surface area (Å²) in [6, 6.07) is 64.8. The highest BCUT2D eigenvalue weighted by atomic mass is 16.3. The van der Waals surface area contributed by atoms with E-state index in [0.29, 0.717) is 0 Å². The number of hydrogen-bond acceptors (Lipinski definition) is 2. The first-order valence-electron chi connectivity index (χ1n) is 18.3. The van der Waals surface area contributed by atoms with Gasteiger partial charge in [0.25, 0.3) is 0 Å². The molecule has 0 saturated heterocycles. The number of nitrogens with zero attached hydrogens (tertiary/aromatic N) is 2. The smallest absolute Gasteiger partial charge is 0.213 e. The van der Waals surface area contributed by atoms with E-state index in [9.17, 15) is 0 Å². The third-order valence-corrected chi connectivity index (χ3v) is 11.1. The lowest BCUT2D eigenvalue weighted by Gasteiger charge is -2.13. The first kappa shape index (κ1) is 29.3. The molecule has 0 unspecified atom stereocenters. The third-order valence-electron chi connectivity index (χ3n) is 11.1. The predicted molar refractivity (Wildman–Crippen MR) is 223 cm³/mol. The Bertz CT molecular complexity index is 3430. The second-order valence-corrected chi connectivity index (χ2v) is 14.1. The fourth-order valence-electron chi connectivity index (χ4n) is 8.72. The normalized spacial score (nSPS) is 12.1. The first-order valence-corrected chi connectivity index (χ1v) is 18.3. The summed E-state index contributed by atoms with van der Waals surface area (Å²) in [6.07, 6.45) is 0. The summed E-state index contributed by atoms with van der Waals surface area (Å²) in [5, 5.41) is 8.18. The molecular formula is C50H30N2O2. The fraction of sp³-hybridized carbons (Fsp3) is 0. The highest BCUT2D eigenvalue weighted by Crippen LogP contribution is 2.43. The van der Waals surface area contributed by atoms with Crippen molar-refractivity contribution in [1.82, 2.24) is 9.13 Å². The Kier molecular flexibility index (Phi) is 6.02. The Hall–Kier alpha value is -7.30. The molecule has 4 aromatic heterocycles. The molecular weight excluding hydrogens is 661 g/mol. The maximum Gasteiger partial charge on any atom is 0.213 e. The van der Waals surface area contributed by atoms with Crippen LogP contribution in [-0.4, -0.2) is 9.13 Å². The summed E-state index contributed by atoms with van der Waals surface area (Å²) in [7, 11) is 0. The number of aromatic nitrogens is 2. The molecule has 0 aliphatic heterocycles. The SMILES string of the molecule is c1ccc(-n2c3oc4ccccc4c3c3cccc(-c4ccc(-n5c6ccccc6c6cc(-c7ccc8c(c7)oc7ccccc78)ccc65)cc4)c32)cc1. The van der Waals surface area contributed by atoms with Crippen molar-refractivity contribution in [3.05, 3.63) is 182 Å². The average Bonchev–Trinajstić information content (AvgIpc) is 3.98. The molecule has 4 nitrogen and oxygen atoms in total. The van der Waals surface area contributed by atoms with Crippen LogP contribution in [0.4, 0.5) is 0 Å². The van der Waals surface area contributed by atoms with E-state index in [0.717, 1.165) is 83.2 Å². The molecule has 0 bridgehead atoms. The van der Waals surface area contributed by atoms with Gasteiger partial charge in [0, 0.05) is 49.3 Å². The maximum absolute atomic E-state index is 6.59. The van der Waals surface area contributed by atoms with Crippen molar-refractivity contribution in [3.63, 3.8) is 0 Å². The molecule has 4 heteroatoms. The van der Waals surface area contributed by atoms with Crippen LogP contribution in [-0.2, 0) is 0 Å². The number of benzene rings is 8. The van der Waals surface area contributed by atoms with Crippen LogP contribution >= 0.6 is 0 Å². The fourth-order valence-corrected chi connectivity index (χ4v) is 8.72. The van der Waals surface area contributed by atoms with E-state index < -0.39 is 0 Å². The summed E-state index contributed by atoms with van der Waals surface area (Å²) in [5.74, 6) is 0. The van der Waals surface area contributed by atoms with Crippen molar-refractivity contribution in [3.8, 4) is 33.6 Å². The highest BCUT2D eigenvalue weighted by molar-refractivity contribution is 6.22. The molecule has 12 rings (SSSR count). The zero-order chi connectivity index (χ0) is 35.3. The minimum Gasteiger partial charge on any atom is -0.456 e. The molecule has 4 heterocycles.